The molecule has 2 heterocycles. The van der Waals surface area contributed by atoms with E-state index in [2.05, 4.69) is 507 Å². The highest BCUT2D eigenvalue weighted by molar-refractivity contribution is 9.10. The van der Waals surface area contributed by atoms with Crippen molar-refractivity contribution in [2.75, 3.05) is 10.2 Å². The first-order chi connectivity index (χ1) is 58.8. The summed E-state index contributed by atoms with van der Waals surface area (Å²) >= 11 is 3.53. The molecule has 4 nitrogen and oxygen atoms in total. The summed E-state index contributed by atoms with van der Waals surface area (Å²) < 4.78 is 5.87. The molecule has 0 spiro atoms. The second-order valence-electron chi connectivity index (χ2n) is 28.5. The summed E-state index contributed by atoms with van der Waals surface area (Å²) in [7, 11) is 0. The van der Waals surface area contributed by atoms with Crippen LogP contribution in [0.3, 0.4) is 0 Å². The van der Waals surface area contributed by atoms with Gasteiger partial charge in [0.2, 0.25) is 0 Å². The number of para-hydroxylation sites is 2. The summed E-state index contributed by atoms with van der Waals surface area (Å²) in [5.74, 6) is 18.4. The second-order valence-corrected chi connectivity index (χ2v) is 29.4. The van der Waals surface area contributed by atoms with Crippen LogP contribution in [0.25, 0.3) is 143 Å². The molecule has 0 atom stereocenters. The van der Waals surface area contributed by atoms with Gasteiger partial charge in [-0.25, -0.2) is 0 Å². The van der Waals surface area contributed by atoms with Crippen molar-refractivity contribution in [3.8, 4) is 138 Å². The van der Waals surface area contributed by atoms with Crippen molar-refractivity contribution in [3.05, 3.63) is 441 Å². The number of nitrogens with one attached hydrogen (secondary N) is 1. The zero-order valence-electron chi connectivity index (χ0n) is 64.9. The standard InChI is InChI=1S/C52H36N2.C28H18BrN.C24H19N.C10H2/c1-3-11-37(12-4-1)40-19-27-45(28-20-40)53(46-29-21-41(22-30-46)38-13-5-2-6-14-38)47-31-23-42(24-32-47)44-26-34-52-50(36-44)49-17-9-10-18-51(49)54(52)48-33-25-39-15-7-8-16-43(39)35-48;29-23-13-9-20(10-14-23)22-12-16-28-26(18-22)25-7-3-4-8-27(25)30(28)24-15-11-19-5-1-2-6-21(19)17-24;1-3-7-19(8-4-1)21-11-15-23(16-12-21)25-24-17-13-22(14-18-24)20-9-5-2-6-10-20;1-3-5-7-9-10-8-6-4-2/h1-36H;1-18H;1-18,25H;1-2H. The van der Waals surface area contributed by atoms with E-state index in [0.717, 1.165) is 32.9 Å². The van der Waals surface area contributed by atoms with Gasteiger partial charge in [0.05, 0.1) is 22.1 Å². The number of nitrogens with zero attached hydrogens (tertiary/aromatic N) is 3. The highest BCUT2D eigenvalue weighted by Crippen LogP contribution is 2.42. The lowest BCUT2D eigenvalue weighted by molar-refractivity contribution is 1.19. The minimum Gasteiger partial charge on any atom is -0.356 e. The molecular formula is C114H75BrN4. The number of halogens is 1. The molecule has 0 amide bonds. The third-order valence-corrected chi connectivity index (χ3v) is 21.7. The van der Waals surface area contributed by atoms with Crippen LogP contribution < -0.4 is 10.2 Å². The fourth-order valence-corrected chi connectivity index (χ4v) is 15.6. The van der Waals surface area contributed by atoms with E-state index in [9.17, 15) is 0 Å². The van der Waals surface area contributed by atoms with Crippen LogP contribution >= 0.6 is 15.9 Å². The fourth-order valence-electron chi connectivity index (χ4n) is 15.4. The first kappa shape index (κ1) is 75.6. The molecular weight excluding hydrogens is 1510 g/mol. The van der Waals surface area contributed by atoms with Crippen molar-refractivity contribution in [1.29, 1.82) is 0 Å². The lowest BCUT2D eigenvalue weighted by Crippen LogP contribution is -2.09. The smallest absolute Gasteiger partial charge is 0.0541 e. The molecule has 0 aliphatic heterocycles. The predicted molar refractivity (Wildman–Crippen MR) is 509 cm³/mol. The van der Waals surface area contributed by atoms with Gasteiger partial charge in [0, 0.05) is 65.8 Å². The number of hydrogen-bond donors (Lipinski definition) is 1. The van der Waals surface area contributed by atoms with Crippen LogP contribution in [0.2, 0.25) is 0 Å². The molecule has 0 saturated carbocycles. The zero-order chi connectivity index (χ0) is 80.5. The lowest BCUT2D eigenvalue weighted by atomic mass is 10.0. The summed E-state index contributed by atoms with van der Waals surface area (Å²) in [6.07, 6.45) is 9.62. The summed E-state index contributed by atoms with van der Waals surface area (Å²) in [5, 5.41) is 13.5. The third kappa shape index (κ3) is 17.3. The molecule has 0 saturated heterocycles. The van der Waals surface area contributed by atoms with E-state index in [1.54, 1.807) is 0 Å². The highest BCUT2D eigenvalue weighted by atomic mass is 79.9. The minimum atomic E-state index is 1.09. The Bertz CT molecular complexity index is 7090. The number of anilines is 5. The highest BCUT2D eigenvalue weighted by Gasteiger charge is 2.19. The van der Waals surface area contributed by atoms with Gasteiger partial charge >= 0.3 is 0 Å². The van der Waals surface area contributed by atoms with Crippen LogP contribution in [0.5, 0.6) is 0 Å². The van der Waals surface area contributed by atoms with Gasteiger partial charge in [-0.1, -0.05) is 319 Å². The molecule has 0 radical (unpaired) electrons. The first-order valence-corrected chi connectivity index (χ1v) is 40.2. The van der Waals surface area contributed by atoms with Gasteiger partial charge in [0.25, 0.3) is 0 Å². The van der Waals surface area contributed by atoms with E-state index < -0.39 is 0 Å². The van der Waals surface area contributed by atoms with E-state index in [1.807, 2.05) is 12.1 Å². The summed E-state index contributed by atoms with van der Waals surface area (Å²) in [6.45, 7) is 0. The summed E-state index contributed by atoms with van der Waals surface area (Å²) in [6, 6.07) is 156. The maximum atomic E-state index is 4.81. The Morgan fingerprint density at radius 2 is 0.487 bits per heavy atom. The molecule has 1 N–H and O–H groups in total. The Morgan fingerprint density at radius 3 is 0.840 bits per heavy atom. The molecule has 0 bridgehead atoms. The predicted octanol–water partition coefficient (Wildman–Crippen LogP) is 29.8. The molecule has 20 rings (SSSR count). The second kappa shape index (κ2) is 36.0. The van der Waals surface area contributed by atoms with E-state index in [4.69, 9.17) is 12.8 Å². The van der Waals surface area contributed by atoms with Gasteiger partial charge in [-0.3, -0.25) is 0 Å². The number of benzene rings is 18. The van der Waals surface area contributed by atoms with Crippen molar-refractivity contribution in [2.24, 2.45) is 0 Å². The number of hydrogen-bond acceptors (Lipinski definition) is 2. The van der Waals surface area contributed by atoms with Crippen LogP contribution in [-0.2, 0) is 0 Å². The Balaban J connectivity index is 0.000000131. The Labute approximate surface area is 703 Å². The maximum Gasteiger partial charge on any atom is 0.0541 e. The van der Waals surface area contributed by atoms with Gasteiger partial charge in [0.1, 0.15) is 0 Å². The van der Waals surface area contributed by atoms with E-state index >= 15 is 0 Å². The fraction of sp³-hybridized carbons (Fsp3) is 0. The Morgan fingerprint density at radius 1 is 0.218 bits per heavy atom. The Kier molecular flexibility index (Phi) is 22.9. The summed E-state index contributed by atoms with van der Waals surface area (Å²) in [4.78, 5) is 2.34. The Hall–Kier alpha value is -16.0. The van der Waals surface area contributed by atoms with Gasteiger partial charge in [-0.05, 0) is 269 Å². The van der Waals surface area contributed by atoms with Crippen molar-refractivity contribution in [1.82, 2.24) is 9.13 Å². The number of terminal acetylenes is 2. The largest absolute Gasteiger partial charge is 0.356 e. The lowest BCUT2D eigenvalue weighted by Gasteiger charge is -2.26. The van der Waals surface area contributed by atoms with Gasteiger partial charge in [-0.2, -0.15) is 0 Å². The monoisotopic (exact) mass is 1580 g/mol. The molecule has 0 aliphatic carbocycles. The third-order valence-electron chi connectivity index (χ3n) is 21.2. The average molecular weight is 1580 g/mol. The molecule has 5 heteroatoms. The van der Waals surface area contributed by atoms with Crippen LogP contribution in [0.15, 0.2) is 441 Å². The van der Waals surface area contributed by atoms with Crippen molar-refractivity contribution < 1.29 is 0 Å². The van der Waals surface area contributed by atoms with Crippen molar-refractivity contribution >= 4 is 110 Å². The van der Waals surface area contributed by atoms with E-state index in [-0.39, 0.29) is 0 Å². The molecule has 119 heavy (non-hydrogen) atoms. The molecule has 558 valence electrons. The van der Waals surface area contributed by atoms with E-state index in [0.29, 0.717) is 0 Å². The normalized spacial score (nSPS) is 10.5. The first-order valence-electron chi connectivity index (χ1n) is 39.4. The van der Waals surface area contributed by atoms with Crippen LogP contribution in [-0.4, -0.2) is 9.13 Å². The van der Waals surface area contributed by atoms with Gasteiger partial charge < -0.3 is 19.4 Å². The van der Waals surface area contributed by atoms with E-state index in [1.165, 1.54) is 143 Å². The quantitative estimate of drug-likeness (QED) is 0.116. The molecule has 0 unspecified atom stereocenters. The molecule has 0 aliphatic rings. The average Bonchev–Trinajstić information content (AvgIpc) is 1.62. The number of aromatic nitrogens is 2. The molecule has 2 aromatic heterocycles. The van der Waals surface area contributed by atoms with Crippen LogP contribution in [0.1, 0.15) is 0 Å². The number of fused-ring (bicyclic) bond motifs is 8. The molecule has 20 aromatic rings. The molecule has 18 aromatic carbocycles. The summed E-state index contributed by atoms with van der Waals surface area (Å²) in [5.41, 5.74) is 27.3. The van der Waals surface area contributed by atoms with Crippen molar-refractivity contribution in [2.45, 2.75) is 0 Å². The SMILES string of the molecule is Brc1ccc(-c2ccc3c(c2)c2ccccc2n3-c2ccc3ccccc3c2)cc1.C#CC#CC#CC#CC#C.c1ccc(-c2ccc(N(c3ccc(-c4ccccc4)cc3)c3ccc(-c4ccc5c(c4)c4ccccc4n5-c4ccc5ccccc5c4)cc3)cc2)cc1.c1ccc(-c2ccc(Nc3ccc(-c4ccccc4)cc3)cc2)cc1. The van der Waals surface area contributed by atoms with Crippen LogP contribution in [0.4, 0.5) is 28.4 Å². The number of rotatable bonds is 13. The molecule has 0 fully saturated rings. The topological polar surface area (TPSA) is 25.1 Å². The van der Waals surface area contributed by atoms with Gasteiger partial charge in [-0.15, -0.1) is 12.8 Å². The minimum absolute atomic E-state index is 1.09. The van der Waals surface area contributed by atoms with Crippen molar-refractivity contribution in [3.63, 3.8) is 0 Å². The van der Waals surface area contributed by atoms with Crippen LogP contribution in [0, 0.1) is 60.2 Å². The maximum absolute atomic E-state index is 4.81. The van der Waals surface area contributed by atoms with Gasteiger partial charge in [0.15, 0.2) is 0 Å². The zero-order valence-corrected chi connectivity index (χ0v) is 66.5.